The lowest BCUT2D eigenvalue weighted by molar-refractivity contribution is -0.115. The zero-order valence-corrected chi connectivity index (χ0v) is 12.0. The average molecular weight is 260 g/mol. The average Bonchev–Trinajstić information content (AvgIpc) is 2.44. The summed E-state index contributed by atoms with van der Waals surface area (Å²) in [4.78, 5) is 11.5. The molecule has 1 atom stereocenters. The predicted molar refractivity (Wildman–Crippen MR) is 80.1 cm³/mol. The van der Waals surface area contributed by atoms with Crippen LogP contribution in [-0.2, 0) is 9.53 Å². The Morgan fingerprint density at radius 2 is 2.26 bits per heavy atom. The molecule has 0 radical (unpaired) electrons. The Hall–Kier alpha value is -1.41. The molecule has 104 valence electrons. The molecular weight excluding hydrogens is 236 g/mol. The number of carbonyl (C=O) groups excluding carboxylic acids is 1. The van der Waals surface area contributed by atoms with Crippen LogP contribution < -0.4 is 0 Å². The molecule has 1 aliphatic carbocycles. The third-order valence-corrected chi connectivity index (χ3v) is 2.99. The van der Waals surface area contributed by atoms with E-state index in [1.807, 2.05) is 26.0 Å². The van der Waals surface area contributed by atoms with Gasteiger partial charge in [-0.1, -0.05) is 36.5 Å². The SMILES string of the molecule is C/C=C/C=C/C(=O)CCC(C)OCC1=CCCC=C1. The third-order valence-electron chi connectivity index (χ3n) is 2.99. The summed E-state index contributed by atoms with van der Waals surface area (Å²) in [6, 6.07) is 0. The minimum atomic E-state index is 0.121. The minimum absolute atomic E-state index is 0.121. The molecule has 0 amide bonds. The first-order valence-electron chi connectivity index (χ1n) is 7.01. The van der Waals surface area contributed by atoms with E-state index in [4.69, 9.17) is 4.74 Å². The summed E-state index contributed by atoms with van der Waals surface area (Å²) in [7, 11) is 0. The molecule has 0 N–H and O–H groups in total. The normalized spacial score (nSPS) is 17.1. The summed E-state index contributed by atoms with van der Waals surface area (Å²) in [6.07, 6.45) is 17.4. The second kappa shape index (κ2) is 9.51. The van der Waals surface area contributed by atoms with E-state index in [9.17, 15) is 4.79 Å². The predicted octanol–water partition coefficient (Wildman–Crippen LogP) is 4.15. The van der Waals surface area contributed by atoms with Crippen LogP contribution in [0.1, 0.15) is 39.5 Å². The molecule has 0 saturated carbocycles. The minimum Gasteiger partial charge on any atom is -0.374 e. The number of ketones is 1. The number of carbonyl (C=O) groups is 1. The van der Waals surface area contributed by atoms with Crippen LogP contribution >= 0.6 is 0 Å². The van der Waals surface area contributed by atoms with Crippen LogP contribution in [0.25, 0.3) is 0 Å². The third kappa shape index (κ3) is 7.58. The fourth-order valence-corrected chi connectivity index (χ4v) is 1.80. The van der Waals surface area contributed by atoms with Gasteiger partial charge in [-0.05, 0) is 44.8 Å². The van der Waals surface area contributed by atoms with Crippen molar-refractivity contribution in [2.24, 2.45) is 0 Å². The molecule has 1 unspecified atom stereocenters. The Morgan fingerprint density at radius 3 is 2.95 bits per heavy atom. The summed E-state index contributed by atoms with van der Waals surface area (Å²) in [5, 5.41) is 0. The zero-order valence-electron chi connectivity index (χ0n) is 12.0. The van der Waals surface area contributed by atoms with E-state index >= 15 is 0 Å². The second-order valence-corrected chi connectivity index (χ2v) is 4.77. The number of hydrogen-bond acceptors (Lipinski definition) is 2. The van der Waals surface area contributed by atoms with E-state index in [1.165, 1.54) is 5.57 Å². The first-order valence-corrected chi connectivity index (χ1v) is 7.01. The van der Waals surface area contributed by atoms with E-state index < -0.39 is 0 Å². The van der Waals surface area contributed by atoms with Crippen molar-refractivity contribution >= 4 is 5.78 Å². The van der Waals surface area contributed by atoms with E-state index in [0.29, 0.717) is 13.0 Å². The smallest absolute Gasteiger partial charge is 0.155 e. The van der Waals surface area contributed by atoms with Gasteiger partial charge in [0.15, 0.2) is 5.78 Å². The molecule has 0 aromatic heterocycles. The van der Waals surface area contributed by atoms with Crippen molar-refractivity contribution in [2.75, 3.05) is 6.61 Å². The molecule has 0 saturated heterocycles. The summed E-state index contributed by atoms with van der Waals surface area (Å²) in [6.45, 7) is 4.61. The van der Waals surface area contributed by atoms with Crippen molar-refractivity contribution in [3.63, 3.8) is 0 Å². The summed E-state index contributed by atoms with van der Waals surface area (Å²) >= 11 is 0. The quantitative estimate of drug-likeness (QED) is 0.484. The molecule has 0 aliphatic heterocycles. The lowest BCUT2D eigenvalue weighted by Gasteiger charge is -2.14. The number of ether oxygens (including phenoxy) is 1. The van der Waals surface area contributed by atoms with Crippen molar-refractivity contribution in [3.05, 3.63) is 48.1 Å². The first-order chi connectivity index (χ1) is 9.22. The molecule has 0 aromatic rings. The van der Waals surface area contributed by atoms with Crippen LogP contribution in [0.5, 0.6) is 0 Å². The fourth-order valence-electron chi connectivity index (χ4n) is 1.80. The van der Waals surface area contributed by atoms with Gasteiger partial charge in [0.2, 0.25) is 0 Å². The van der Waals surface area contributed by atoms with Crippen molar-refractivity contribution < 1.29 is 9.53 Å². The molecule has 0 fully saturated rings. The maximum absolute atomic E-state index is 11.5. The second-order valence-electron chi connectivity index (χ2n) is 4.77. The van der Waals surface area contributed by atoms with Gasteiger partial charge in [-0.25, -0.2) is 0 Å². The number of allylic oxidation sites excluding steroid dienone is 6. The van der Waals surface area contributed by atoms with Gasteiger partial charge in [-0.2, -0.15) is 0 Å². The van der Waals surface area contributed by atoms with Gasteiger partial charge >= 0.3 is 0 Å². The van der Waals surface area contributed by atoms with Gasteiger partial charge in [0.25, 0.3) is 0 Å². The van der Waals surface area contributed by atoms with Crippen molar-refractivity contribution in [2.45, 2.75) is 45.6 Å². The van der Waals surface area contributed by atoms with Gasteiger partial charge in [0.05, 0.1) is 12.7 Å². The van der Waals surface area contributed by atoms with Gasteiger partial charge in [0, 0.05) is 6.42 Å². The summed E-state index contributed by atoms with van der Waals surface area (Å²) < 4.78 is 5.75. The Morgan fingerprint density at radius 1 is 1.42 bits per heavy atom. The summed E-state index contributed by atoms with van der Waals surface area (Å²) in [5.41, 5.74) is 1.25. The van der Waals surface area contributed by atoms with E-state index in [2.05, 4.69) is 18.2 Å². The van der Waals surface area contributed by atoms with E-state index in [1.54, 1.807) is 12.2 Å². The molecule has 0 heterocycles. The molecule has 19 heavy (non-hydrogen) atoms. The number of rotatable bonds is 8. The molecule has 0 aromatic carbocycles. The van der Waals surface area contributed by atoms with Crippen molar-refractivity contribution in [1.82, 2.24) is 0 Å². The highest BCUT2D eigenvalue weighted by atomic mass is 16.5. The molecule has 2 heteroatoms. The Bertz CT molecular complexity index is 386. The zero-order chi connectivity index (χ0) is 13.9. The van der Waals surface area contributed by atoms with Crippen LogP contribution in [0.3, 0.4) is 0 Å². The molecule has 1 aliphatic rings. The highest BCUT2D eigenvalue weighted by Gasteiger charge is 2.06. The molecule has 2 nitrogen and oxygen atoms in total. The van der Waals surface area contributed by atoms with Crippen LogP contribution in [0.15, 0.2) is 48.1 Å². The van der Waals surface area contributed by atoms with Gasteiger partial charge in [-0.15, -0.1) is 0 Å². The van der Waals surface area contributed by atoms with Crippen LogP contribution in [-0.4, -0.2) is 18.5 Å². The van der Waals surface area contributed by atoms with E-state index in [0.717, 1.165) is 19.3 Å². The van der Waals surface area contributed by atoms with Gasteiger partial charge in [-0.3, -0.25) is 4.79 Å². The first kappa shape index (κ1) is 15.6. The lowest BCUT2D eigenvalue weighted by Crippen LogP contribution is -2.12. The lowest BCUT2D eigenvalue weighted by atomic mass is 10.1. The van der Waals surface area contributed by atoms with Gasteiger partial charge in [0.1, 0.15) is 0 Å². The van der Waals surface area contributed by atoms with Crippen LogP contribution in [0, 0.1) is 0 Å². The molecular formula is C17H24O2. The fraction of sp³-hybridized carbons (Fsp3) is 0.471. The van der Waals surface area contributed by atoms with Crippen molar-refractivity contribution in [3.8, 4) is 0 Å². The van der Waals surface area contributed by atoms with Crippen LogP contribution in [0.2, 0.25) is 0 Å². The van der Waals surface area contributed by atoms with Gasteiger partial charge < -0.3 is 4.74 Å². The largest absolute Gasteiger partial charge is 0.374 e. The highest BCUT2D eigenvalue weighted by Crippen LogP contribution is 2.12. The topological polar surface area (TPSA) is 26.3 Å². The highest BCUT2D eigenvalue weighted by molar-refractivity contribution is 5.89. The van der Waals surface area contributed by atoms with Crippen LogP contribution in [0.4, 0.5) is 0 Å². The number of hydrogen-bond donors (Lipinski definition) is 0. The summed E-state index contributed by atoms with van der Waals surface area (Å²) in [5.74, 6) is 0.158. The standard InChI is InChI=1S/C17H24O2/c1-3-4-6-11-17(18)13-12-15(2)19-14-16-9-7-5-8-10-16/h3-4,6-7,9-11,15H,5,8,12-14H2,1-2H3/b4-3+,11-6+. The van der Waals surface area contributed by atoms with E-state index in [-0.39, 0.29) is 11.9 Å². The molecule has 1 rings (SSSR count). The molecule has 0 spiro atoms. The maximum Gasteiger partial charge on any atom is 0.155 e. The Kier molecular flexibility index (Phi) is 7.83. The van der Waals surface area contributed by atoms with Crippen molar-refractivity contribution in [1.29, 1.82) is 0 Å². The monoisotopic (exact) mass is 260 g/mol. The Balaban J connectivity index is 2.17. The maximum atomic E-state index is 11.5. The molecule has 0 bridgehead atoms. The Labute approximate surface area is 116 Å².